The van der Waals surface area contributed by atoms with Crippen molar-refractivity contribution in [2.24, 2.45) is 11.8 Å². The van der Waals surface area contributed by atoms with Crippen molar-refractivity contribution in [1.29, 1.82) is 0 Å². The highest BCUT2D eigenvalue weighted by molar-refractivity contribution is 7.89. The Bertz CT molecular complexity index is 1740. The van der Waals surface area contributed by atoms with Gasteiger partial charge in [-0.3, -0.25) is 24.7 Å². The molecule has 1 saturated heterocycles. The lowest BCUT2D eigenvalue weighted by atomic mass is 9.73. The molecule has 3 aromatic rings. The number of carbonyl (C=O) groups is 3. The zero-order valence-corrected chi connectivity index (χ0v) is 28.1. The van der Waals surface area contributed by atoms with Crippen molar-refractivity contribution in [3.63, 3.8) is 0 Å². The summed E-state index contributed by atoms with van der Waals surface area (Å²) in [5, 5.41) is 16.5. The molecule has 1 saturated carbocycles. The van der Waals surface area contributed by atoms with Gasteiger partial charge in [0, 0.05) is 34.5 Å². The first-order valence-corrected chi connectivity index (χ1v) is 17.5. The summed E-state index contributed by atoms with van der Waals surface area (Å²) in [6, 6.07) is 7.44. The maximum atomic E-state index is 14.0. The number of halogens is 4. The Balaban J connectivity index is 1.41. The number of benzene rings is 2. The van der Waals surface area contributed by atoms with Crippen LogP contribution >= 0.6 is 46.4 Å². The molecule has 1 aromatic heterocycles. The van der Waals surface area contributed by atoms with Crippen LogP contribution in [0, 0.1) is 11.8 Å². The summed E-state index contributed by atoms with van der Waals surface area (Å²) in [4.78, 5) is 41.3. The van der Waals surface area contributed by atoms with Crippen LogP contribution in [0.25, 0.3) is 0 Å². The summed E-state index contributed by atoms with van der Waals surface area (Å²) >= 11 is 24.5. The number of carboxylic acid groups (broad SMARTS) is 1. The van der Waals surface area contributed by atoms with E-state index in [9.17, 15) is 27.9 Å². The molecule has 1 amide bonds. The predicted octanol–water partition coefficient (Wildman–Crippen LogP) is 6.57. The van der Waals surface area contributed by atoms with E-state index in [-0.39, 0.29) is 66.6 Å². The van der Waals surface area contributed by atoms with Gasteiger partial charge in [-0.15, -0.1) is 0 Å². The molecule has 0 radical (unpaired) electrons. The lowest BCUT2D eigenvalue weighted by Crippen LogP contribution is -2.62. The minimum absolute atomic E-state index is 0.0116. The van der Waals surface area contributed by atoms with Crippen molar-refractivity contribution in [1.82, 2.24) is 14.6 Å². The minimum atomic E-state index is -4.11. The summed E-state index contributed by atoms with van der Waals surface area (Å²) in [7, 11) is -4.11. The van der Waals surface area contributed by atoms with Crippen LogP contribution in [0.4, 0.5) is 5.69 Å². The number of hydrogen-bond acceptors (Lipinski definition) is 7. The summed E-state index contributed by atoms with van der Waals surface area (Å²) in [6.07, 6.45) is 6.46. The Morgan fingerprint density at radius 1 is 1.00 bits per heavy atom. The summed E-state index contributed by atoms with van der Waals surface area (Å²) in [5.41, 5.74) is 0.736. The van der Waals surface area contributed by atoms with Gasteiger partial charge in [0.1, 0.15) is 6.04 Å². The highest BCUT2D eigenvalue weighted by Gasteiger charge is 2.45. The Labute approximate surface area is 286 Å². The van der Waals surface area contributed by atoms with E-state index < -0.39 is 34.1 Å². The molecule has 2 heterocycles. The third-order valence-electron chi connectivity index (χ3n) is 8.53. The smallest absolute Gasteiger partial charge is 0.321 e. The number of piperidine rings is 1. The topological polar surface area (TPSA) is 146 Å². The lowest BCUT2D eigenvalue weighted by Gasteiger charge is -2.48. The molecule has 10 nitrogen and oxygen atoms in total. The van der Waals surface area contributed by atoms with E-state index in [4.69, 9.17) is 46.4 Å². The van der Waals surface area contributed by atoms with Gasteiger partial charge in [-0.05, 0) is 67.0 Å². The molecule has 5 rings (SSSR count). The molecule has 2 aromatic carbocycles. The van der Waals surface area contributed by atoms with Gasteiger partial charge in [-0.1, -0.05) is 71.7 Å². The molecule has 1 aliphatic carbocycles. The van der Waals surface area contributed by atoms with E-state index in [0.717, 1.165) is 25.7 Å². The molecule has 0 spiro atoms. The van der Waals surface area contributed by atoms with E-state index in [1.165, 1.54) is 47.0 Å². The second kappa shape index (κ2) is 14.6. The van der Waals surface area contributed by atoms with E-state index >= 15 is 0 Å². The maximum Gasteiger partial charge on any atom is 0.321 e. The van der Waals surface area contributed by atoms with E-state index in [1.807, 2.05) is 0 Å². The monoisotopic (exact) mass is 726 g/mol. The predicted molar refractivity (Wildman–Crippen MR) is 177 cm³/mol. The number of carbonyl (C=O) groups excluding carboxylic acids is 2. The molecular formula is C31H30Cl4N4O6S. The first-order valence-electron chi connectivity index (χ1n) is 14.5. The number of anilines is 1. The van der Waals surface area contributed by atoms with Crippen LogP contribution in [-0.4, -0.2) is 59.7 Å². The third-order valence-corrected chi connectivity index (χ3v) is 11.4. The average molecular weight is 728 g/mol. The summed E-state index contributed by atoms with van der Waals surface area (Å²) < 4.78 is 29.3. The van der Waals surface area contributed by atoms with Gasteiger partial charge in [0.15, 0.2) is 6.29 Å². The second-order valence-corrected chi connectivity index (χ2v) is 15.0. The average Bonchev–Trinajstić information content (AvgIpc) is 3.00. The molecule has 2 fully saturated rings. The highest BCUT2D eigenvalue weighted by Crippen LogP contribution is 2.41. The fourth-order valence-corrected chi connectivity index (χ4v) is 9.24. The first kappa shape index (κ1) is 34.6. The molecule has 2 aliphatic rings. The van der Waals surface area contributed by atoms with Crippen molar-refractivity contribution in [3.05, 3.63) is 85.6 Å². The number of aldehydes is 1. The number of hydrogen-bond donors (Lipinski definition) is 3. The molecular weight excluding hydrogens is 698 g/mol. The number of aromatic nitrogens is 1. The molecule has 0 bridgehead atoms. The first-order chi connectivity index (χ1) is 21.9. The fourth-order valence-electron chi connectivity index (χ4n) is 6.37. The van der Waals surface area contributed by atoms with Gasteiger partial charge < -0.3 is 10.4 Å². The number of pyridine rings is 1. The van der Waals surface area contributed by atoms with E-state index in [0.29, 0.717) is 18.3 Å². The largest absolute Gasteiger partial charge is 0.480 e. The molecule has 4 atom stereocenters. The lowest BCUT2D eigenvalue weighted by molar-refractivity contribution is -0.140. The Morgan fingerprint density at radius 3 is 2.33 bits per heavy atom. The SMILES string of the molecule is O=Cc1cc(CC(NC2[C@H]3CCCC[C@H]3CCN2S(=O)(=O)c2cc(Cl)cc(Cl)c2)C(=O)O)ccc1NC(=O)c1c(Cl)cncc1Cl. The zero-order chi connectivity index (χ0) is 33.2. The quantitative estimate of drug-likeness (QED) is 0.199. The molecule has 244 valence electrons. The fraction of sp³-hybridized carbons (Fsp3) is 0.355. The maximum absolute atomic E-state index is 14.0. The number of nitrogens with one attached hydrogen (secondary N) is 2. The van der Waals surface area contributed by atoms with Gasteiger partial charge in [-0.2, -0.15) is 4.31 Å². The number of nitrogens with zero attached hydrogens (tertiary/aromatic N) is 2. The van der Waals surface area contributed by atoms with E-state index in [1.54, 1.807) is 6.07 Å². The minimum Gasteiger partial charge on any atom is -0.480 e. The van der Waals surface area contributed by atoms with Gasteiger partial charge in [0.25, 0.3) is 5.91 Å². The molecule has 3 N–H and O–H groups in total. The Kier molecular flexibility index (Phi) is 10.9. The van der Waals surface area contributed by atoms with Crippen molar-refractivity contribution >= 4 is 80.3 Å². The van der Waals surface area contributed by atoms with Crippen LogP contribution in [0.5, 0.6) is 0 Å². The van der Waals surface area contributed by atoms with Crippen LogP contribution in [-0.2, 0) is 21.2 Å². The molecule has 46 heavy (non-hydrogen) atoms. The Morgan fingerprint density at radius 2 is 1.67 bits per heavy atom. The van der Waals surface area contributed by atoms with Crippen LogP contribution in [0.15, 0.2) is 53.7 Å². The number of fused-ring (bicyclic) bond motifs is 1. The Hall–Kier alpha value is -2.77. The number of amides is 1. The standard InChI is InChI=1S/C31H30Cl4N4O6S/c32-20-11-21(33)13-22(12-20)46(44,45)39-8-7-18-3-1-2-4-23(18)29(39)37-27(31(42)43)10-17-5-6-26(19(9-17)16-40)38-30(41)28-24(34)14-36-15-25(28)35/h5-6,9,11-16,18,23,27,29,37H,1-4,7-8,10H2,(H,38,41)(H,42,43)/t18-,23-,27?,29?/m0/s1. The van der Waals surface area contributed by atoms with Gasteiger partial charge in [-0.25, -0.2) is 8.42 Å². The van der Waals surface area contributed by atoms with E-state index in [2.05, 4.69) is 15.6 Å². The van der Waals surface area contributed by atoms with Crippen LogP contribution in [0.2, 0.25) is 20.1 Å². The number of carboxylic acids is 1. The zero-order valence-electron chi connectivity index (χ0n) is 24.3. The van der Waals surface area contributed by atoms with Gasteiger partial charge >= 0.3 is 5.97 Å². The number of aliphatic carboxylic acids is 1. The molecule has 2 unspecified atom stereocenters. The van der Waals surface area contributed by atoms with Crippen molar-refractivity contribution in [2.45, 2.75) is 55.6 Å². The van der Waals surface area contributed by atoms with Gasteiger partial charge in [0.05, 0.1) is 32.4 Å². The summed E-state index contributed by atoms with van der Waals surface area (Å²) in [6.45, 7) is 0.201. The van der Waals surface area contributed by atoms with Crippen LogP contribution < -0.4 is 10.6 Å². The molecule has 15 heteroatoms. The third kappa shape index (κ3) is 7.52. The second-order valence-electron chi connectivity index (χ2n) is 11.4. The normalized spacial score (nSPS) is 20.8. The summed E-state index contributed by atoms with van der Waals surface area (Å²) in [5.74, 6) is -1.71. The van der Waals surface area contributed by atoms with Crippen molar-refractivity contribution in [2.75, 3.05) is 11.9 Å². The number of rotatable bonds is 10. The number of sulfonamides is 1. The molecule has 1 aliphatic heterocycles. The van der Waals surface area contributed by atoms with Crippen LogP contribution in [0.3, 0.4) is 0 Å². The van der Waals surface area contributed by atoms with Gasteiger partial charge in [0.2, 0.25) is 10.0 Å². The highest BCUT2D eigenvalue weighted by atomic mass is 35.5. The van der Waals surface area contributed by atoms with Crippen molar-refractivity contribution in [3.8, 4) is 0 Å². The van der Waals surface area contributed by atoms with Crippen molar-refractivity contribution < 1.29 is 27.9 Å². The van der Waals surface area contributed by atoms with Crippen LogP contribution in [0.1, 0.15) is 58.4 Å².